The van der Waals surface area contributed by atoms with E-state index in [-0.39, 0.29) is 11.0 Å². The maximum atomic E-state index is 11.2. The van der Waals surface area contributed by atoms with Crippen LogP contribution < -0.4 is 0 Å². The molecule has 0 aromatic rings. The number of sulfone groups is 1. The van der Waals surface area contributed by atoms with E-state index < -0.39 is 9.84 Å². The molecule has 1 spiro atoms. The minimum Gasteiger partial charge on any atom is -0.379 e. The van der Waals surface area contributed by atoms with Crippen LogP contribution in [0.4, 0.5) is 0 Å². The van der Waals surface area contributed by atoms with Gasteiger partial charge in [0.25, 0.3) is 0 Å². The van der Waals surface area contributed by atoms with E-state index in [1.54, 1.807) is 7.11 Å². The standard InChI is InChI=1S/C10H18O3S.2C2H6/c1-9(13-2)3-5-10(6-4-9)7-14(11,12)8-10;2*1-2/h3-8H2,1-2H3;2*1-2H3. The van der Waals surface area contributed by atoms with Crippen molar-refractivity contribution in [1.29, 1.82) is 0 Å². The number of rotatable bonds is 1. The van der Waals surface area contributed by atoms with Gasteiger partial charge in [0.15, 0.2) is 9.84 Å². The molecular weight excluding hydrogens is 248 g/mol. The summed E-state index contributed by atoms with van der Waals surface area (Å²) >= 11 is 0. The lowest BCUT2D eigenvalue weighted by atomic mass is 9.71. The van der Waals surface area contributed by atoms with Crippen molar-refractivity contribution >= 4 is 9.84 Å². The summed E-state index contributed by atoms with van der Waals surface area (Å²) in [5.41, 5.74) is 0.113. The summed E-state index contributed by atoms with van der Waals surface area (Å²) in [6, 6.07) is 0. The van der Waals surface area contributed by atoms with Crippen molar-refractivity contribution in [3.05, 3.63) is 0 Å². The molecule has 0 N–H and O–H groups in total. The van der Waals surface area contributed by atoms with Crippen LogP contribution in [0.15, 0.2) is 0 Å². The first kappa shape index (κ1) is 17.9. The summed E-state index contributed by atoms with van der Waals surface area (Å²) in [7, 11) is -0.929. The van der Waals surface area contributed by atoms with Gasteiger partial charge in [-0.15, -0.1) is 0 Å². The highest BCUT2D eigenvalue weighted by molar-refractivity contribution is 7.92. The quantitative estimate of drug-likeness (QED) is 0.738. The molecule has 0 aromatic carbocycles. The van der Waals surface area contributed by atoms with Gasteiger partial charge in [-0.05, 0) is 38.0 Å². The molecule has 0 radical (unpaired) electrons. The van der Waals surface area contributed by atoms with E-state index in [1.807, 2.05) is 27.7 Å². The van der Waals surface area contributed by atoms with Crippen molar-refractivity contribution in [2.45, 2.75) is 65.9 Å². The summed E-state index contributed by atoms with van der Waals surface area (Å²) < 4.78 is 27.8. The van der Waals surface area contributed by atoms with Crippen LogP contribution in [0.1, 0.15) is 60.3 Å². The lowest BCUT2D eigenvalue weighted by molar-refractivity contribution is -0.0479. The highest BCUT2D eigenvalue weighted by atomic mass is 32.2. The summed E-state index contributed by atoms with van der Waals surface area (Å²) in [5, 5.41) is 0. The van der Waals surface area contributed by atoms with Gasteiger partial charge in [0.2, 0.25) is 0 Å². The molecular formula is C14H30O3S. The molecule has 2 fully saturated rings. The Bertz CT molecular complexity index is 311. The average molecular weight is 278 g/mol. The van der Waals surface area contributed by atoms with Crippen LogP contribution in [0.2, 0.25) is 0 Å². The number of hydrogen-bond acceptors (Lipinski definition) is 3. The Kier molecular flexibility index (Phi) is 6.86. The fourth-order valence-corrected chi connectivity index (χ4v) is 5.05. The van der Waals surface area contributed by atoms with E-state index in [0.717, 1.165) is 25.7 Å². The van der Waals surface area contributed by atoms with Crippen molar-refractivity contribution in [2.75, 3.05) is 18.6 Å². The third-order valence-electron chi connectivity index (χ3n) is 3.91. The second kappa shape index (κ2) is 6.90. The molecule has 0 aromatic heterocycles. The first-order valence-corrected chi connectivity index (χ1v) is 8.97. The summed E-state index contributed by atoms with van der Waals surface area (Å²) in [6.07, 6.45) is 4.02. The highest BCUT2D eigenvalue weighted by Crippen LogP contribution is 2.48. The Hall–Kier alpha value is -0.0900. The average Bonchev–Trinajstić information content (AvgIpc) is 2.36. The van der Waals surface area contributed by atoms with Gasteiger partial charge in [0, 0.05) is 7.11 Å². The van der Waals surface area contributed by atoms with E-state index in [2.05, 4.69) is 6.92 Å². The topological polar surface area (TPSA) is 43.4 Å². The molecule has 4 heteroatoms. The molecule has 2 rings (SSSR count). The smallest absolute Gasteiger partial charge is 0.151 e. The van der Waals surface area contributed by atoms with Crippen LogP contribution in [0.3, 0.4) is 0 Å². The molecule has 3 nitrogen and oxygen atoms in total. The molecule has 0 unspecified atom stereocenters. The largest absolute Gasteiger partial charge is 0.379 e. The molecule has 0 atom stereocenters. The van der Waals surface area contributed by atoms with Gasteiger partial charge in [-0.2, -0.15) is 0 Å². The maximum absolute atomic E-state index is 11.2. The van der Waals surface area contributed by atoms with E-state index in [1.165, 1.54) is 0 Å². The fourth-order valence-electron chi connectivity index (χ4n) is 2.69. The van der Waals surface area contributed by atoms with Crippen molar-refractivity contribution < 1.29 is 13.2 Å². The van der Waals surface area contributed by atoms with Crippen LogP contribution in [-0.2, 0) is 14.6 Å². The SMILES string of the molecule is CC.CC.COC1(C)CCC2(CC1)CS(=O)(=O)C2. The van der Waals surface area contributed by atoms with Crippen LogP contribution in [0, 0.1) is 5.41 Å². The van der Waals surface area contributed by atoms with Gasteiger partial charge in [0.05, 0.1) is 17.1 Å². The van der Waals surface area contributed by atoms with E-state index in [9.17, 15) is 8.42 Å². The van der Waals surface area contributed by atoms with Crippen LogP contribution in [0.25, 0.3) is 0 Å². The van der Waals surface area contributed by atoms with Gasteiger partial charge >= 0.3 is 0 Å². The number of ether oxygens (including phenoxy) is 1. The van der Waals surface area contributed by atoms with Gasteiger partial charge in [-0.1, -0.05) is 27.7 Å². The first-order valence-electron chi connectivity index (χ1n) is 7.14. The van der Waals surface area contributed by atoms with Crippen LogP contribution in [0.5, 0.6) is 0 Å². The van der Waals surface area contributed by atoms with Crippen molar-refractivity contribution in [3.63, 3.8) is 0 Å². The van der Waals surface area contributed by atoms with Gasteiger partial charge < -0.3 is 4.74 Å². The van der Waals surface area contributed by atoms with Crippen molar-refractivity contribution in [1.82, 2.24) is 0 Å². The number of hydrogen-bond donors (Lipinski definition) is 0. The van der Waals surface area contributed by atoms with Gasteiger partial charge in [0.1, 0.15) is 0 Å². The Morgan fingerprint density at radius 2 is 1.28 bits per heavy atom. The summed E-state index contributed by atoms with van der Waals surface area (Å²) in [5.74, 6) is 0.833. The lowest BCUT2D eigenvalue weighted by Gasteiger charge is -2.48. The minimum atomic E-state index is -2.67. The van der Waals surface area contributed by atoms with Crippen molar-refractivity contribution in [3.8, 4) is 0 Å². The summed E-state index contributed by atoms with van der Waals surface area (Å²) in [4.78, 5) is 0. The molecule has 1 aliphatic carbocycles. The molecule has 1 saturated heterocycles. The molecule has 0 amide bonds. The Labute approximate surface area is 113 Å². The zero-order valence-corrected chi connectivity index (χ0v) is 13.7. The third-order valence-corrected chi connectivity index (χ3v) is 6.02. The Morgan fingerprint density at radius 1 is 0.889 bits per heavy atom. The van der Waals surface area contributed by atoms with Crippen LogP contribution in [-0.4, -0.2) is 32.6 Å². The van der Waals surface area contributed by atoms with Gasteiger partial charge in [-0.3, -0.25) is 0 Å². The van der Waals surface area contributed by atoms with Crippen LogP contribution >= 0.6 is 0 Å². The normalized spacial score (nSPS) is 25.9. The fraction of sp³-hybridized carbons (Fsp3) is 1.00. The molecule has 1 aliphatic heterocycles. The molecule has 1 saturated carbocycles. The minimum absolute atomic E-state index is 0.00932. The summed E-state index contributed by atoms with van der Waals surface area (Å²) in [6.45, 7) is 10.1. The zero-order chi connectivity index (χ0) is 14.4. The molecule has 0 bridgehead atoms. The predicted octanol–water partition coefficient (Wildman–Crippen LogP) is 3.43. The van der Waals surface area contributed by atoms with E-state index in [4.69, 9.17) is 4.74 Å². The zero-order valence-electron chi connectivity index (χ0n) is 12.9. The molecule has 18 heavy (non-hydrogen) atoms. The van der Waals surface area contributed by atoms with Gasteiger partial charge in [-0.25, -0.2) is 8.42 Å². The van der Waals surface area contributed by atoms with Crippen molar-refractivity contribution in [2.24, 2.45) is 5.41 Å². The third kappa shape index (κ3) is 4.23. The first-order chi connectivity index (χ1) is 8.39. The predicted molar refractivity (Wildman–Crippen MR) is 77.7 cm³/mol. The second-order valence-electron chi connectivity index (χ2n) is 5.19. The van der Waals surface area contributed by atoms with E-state index >= 15 is 0 Å². The Morgan fingerprint density at radius 3 is 1.56 bits per heavy atom. The Balaban J connectivity index is 0.000000659. The monoisotopic (exact) mass is 278 g/mol. The molecule has 1 heterocycles. The second-order valence-corrected chi connectivity index (χ2v) is 7.25. The molecule has 2 aliphatic rings. The lowest BCUT2D eigenvalue weighted by Crippen LogP contribution is -2.53. The maximum Gasteiger partial charge on any atom is 0.151 e. The molecule has 110 valence electrons. The number of methoxy groups -OCH3 is 1. The van der Waals surface area contributed by atoms with E-state index in [0.29, 0.717) is 11.5 Å². The highest BCUT2D eigenvalue weighted by Gasteiger charge is 2.51.